The van der Waals surface area contributed by atoms with Gasteiger partial charge in [-0.2, -0.15) is 4.31 Å². The highest BCUT2D eigenvalue weighted by atomic mass is 79.9. The van der Waals surface area contributed by atoms with E-state index in [4.69, 9.17) is 0 Å². The lowest BCUT2D eigenvalue weighted by molar-refractivity contribution is 0.450. The van der Waals surface area contributed by atoms with E-state index in [0.29, 0.717) is 19.0 Å². The first-order valence-electron chi connectivity index (χ1n) is 6.05. The van der Waals surface area contributed by atoms with Gasteiger partial charge in [-0.15, -0.1) is 0 Å². The van der Waals surface area contributed by atoms with Crippen LogP contribution in [0.4, 0.5) is 4.39 Å². The van der Waals surface area contributed by atoms with Crippen LogP contribution in [0.5, 0.6) is 0 Å². The molecule has 7 heteroatoms. The Balaban J connectivity index is 2.23. The van der Waals surface area contributed by atoms with Gasteiger partial charge in [0.1, 0.15) is 5.82 Å². The maximum Gasteiger partial charge on any atom is 0.244 e. The lowest BCUT2D eigenvalue weighted by Gasteiger charge is -2.17. The molecule has 0 aliphatic carbocycles. The van der Waals surface area contributed by atoms with Gasteiger partial charge in [-0.05, 0) is 60.1 Å². The summed E-state index contributed by atoms with van der Waals surface area (Å²) in [4.78, 5) is 0.124. The second kappa shape index (κ2) is 5.87. The van der Waals surface area contributed by atoms with Crippen LogP contribution < -0.4 is 5.32 Å². The summed E-state index contributed by atoms with van der Waals surface area (Å²) >= 11 is 3.12. The van der Waals surface area contributed by atoms with Crippen LogP contribution >= 0.6 is 15.9 Å². The summed E-state index contributed by atoms with van der Waals surface area (Å²) in [5.74, 6) is -0.126. The fraction of sp³-hybridized carbons (Fsp3) is 0.500. The Bertz CT molecular complexity index is 565. The van der Waals surface area contributed by atoms with Crippen molar-refractivity contribution in [2.45, 2.75) is 11.3 Å². The number of halogens is 2. The SMILES string of the molecule is CNCC1CCN(S(=O)(=O)c2ccc(F)cc2Br)C1. The average Bonchev–Trinajstić information content (AvgIpc) is 2.78. The van der Waals surface area contributed by atoms with Crippen LogP contribution in [0.15, 0.2) is 27.6 Å². The van der Waals surface area contributed by atoms with Crippen LogP contribution in [-0.2, 0) is 10.0 Å². The van der Waals surface area contributed by atoms with Crippen molar-refractivity contribution in [3.05, 3.63) is 28.5 Å². The van der Waals surface area contributed by atoms with E-state index in [2.05, 4.69) is 21.2 Å². The highest BCUT2D eigenvalue weighted by Gasteiger charge is 2.33. The number of hydrogen-bond acceptors (Lipinski definition) is 3. The molecule has 1 aliphatic rings. The van der Waals surface area contributed by atoms with Crippen molar-refractivity contribution in [3.8, 4) is 0 Å². The van der Waals surface area contributed by atoms with Gasteiger partial charge >= 0.3 is 0 Å². The van der Waals surface area contributed by atoms with E-state index in [1.807, 2.05) is 7.05 Å². The van der Waals surface area contributed by atoms with Crippen molar-refractivity contribution in [2.24, 2.45) is 5.92 Å². The largest absolute Gasteiger partial charge is 0.319 e. The molecule has 0 bridgehead atoms. The molecule has 106 valence electrons. The normalized spacial score (nSPS) is 20.9. The lowest BCUT2D eigenvalue weighted by Crippen LogP contribution is -2.30. The zero-order valence-corrected chi connectivity index (χ0v) is 13.0. The highest BCUT2D eigenvalue weighted by Crippen LogP contribution is 2.29. The molecule has 1 saturated heterocycles. The third-order valence-electron chi connectivity index (χ3n) is 3.25. The van der Waals surface area contributed by atoms with Gasteiger partial charge in [0.2, 0.25) is 10.0 Å². The van der Waals surface area contributed by atoms with Crippen LogP contribution in [0.2, 0.25) is 0 Å². The zero-order valence-electron chi connectivity index (χ0n) is 10.6. The molecule has 0 radical (unpaired) electrons. The van der Waals surface area contributed by atoms with Crippen molar-refractivity contribution >= 4 is 26.0 Å². The lowest BCUT2D eigenvalue weighted by atomic mass is 10.1. The molecule has 1 aromatic rings. The van der Waals surface area contributed by atoms with Gasteiger partial charge in [0.25, 0.3) is 0 Å². The molecule has 0 amide bonds. The van der Waals surface area contributed by atoms with E-state index < -0.39 is 15.8 Å². The van der Waals surface area contributed by atoms with Gasteiger partial charge in [-0.1, -0.05) is 0 Å². The van der Waals surface area contributed by atoms with Crippen molar-refractivity contribution in [1.82, 2.24) is 9.62 Å². The van der Waals surface area contributed by atoms with E-state index >= 15 is 0 Å². The number of benzene rings is 1. The Morgan fingerprint density at radius 3 is 2.89 bits per heavy atom. The second-order valence-electron chi connectivity index (χ2n) is 4.65. The summed E-state index contributed by atoms with van der Waals surface area (Å²) in [7, 11) is -1.69. The zero-order chi connectivity index (χ0) is 14.0. The van der Waals surface area contributed by atoms with Crippen molar-refractivity contribution < 1.29 is 12.8 Å². The van der Waals surface area contributed by atoms with Gasteiger partial charge < -0.3 is 5.32 Å². The monoisotopic (exact) mass is 350 g/mol. The first-order chi connectivity index (χ1) is 8.95. The molecule has 1 aromatic carbocycles. The number of nitrogens with one attached hydrogen (secondary N) is 1. The number of hydrogen-bond donors (Lipinski definition) is 1. The topological polar surface area (TPSA) is 49.4 Å². The molecule has 1 heterocycles. The predicted molar refractivity (Wildman–Crippen MR) is 74.9 cm³/mol. The van der Waals surface area contributed by atoms with Crippen molar-refractivity contribution in [1.29, 1.82) is 0 Å². The quantitative estimate of drug-likeness (QED) is 0.900. The fourth-order valence-corrected chi connectivity index (χ4v) is 4.84. The van der Waals surface area contributed by atoms with Crippen LogP contribution in [0.3, 0.4) is 0 Å². The standard InChI is InChI=1S/C12H16BrFN2O2S/c1-15-7-9-4-5-16(8-9)19(17,18)12-3-2-10(14)6-11(12)13/h2-3,6,9,15H,4-5,7-8H2,1H3. The fourth-order valence-electron chi connectivity index (χ4n) is 2.29. The molecule has 1 atom stereocenters. The number of nitrogens with zero attached hydrogens (tertiary/aromatic N) is 1. The molecule has 1 fully saturated rings. The Morgan fingerprint density at radius 1 is 1.53 bits per heavy atom. The molecule has 0 spiro atoms. The smallest absolute Gasteiger partial charge is 0.244 e. The summed E-state index contributed by atoms with van der Waals surface area (Å²) in [5.41, 5.74) is 0. The molecule has 0 saturated carbocycles. The summed E-state index contributed by atoms with van der Waals surface area (Å²) in [6, 6.07) is 3.65. The molecule has 1 unspecified atom stereocenters. The third-order valence-corrected chi connectivity index (χ3v) is 6.09. The van der Waals surface area contributed by atoms with Gasteiger partial charge in [0, 0.05) is 17.6 Å². The van der Waals surface area contributed by atoms with Crippen molar-refractivity contribution in [2.75, 3.05) is 26.7 Å². The summed E-state index contributed by atoms with van der Waals surface area (Å²) in [6.45, 7) is 1.82. The average molecular weight is 351 g/mol. The molecule has 19 heavy (non-hydrogen) atoms. The van der Waals surface area contributed by atoms with E-state index in [-0.39, 0.29) is 9.37 Å². The number of rotatable bonds is 4. The van der Waals surface area contributed by atoms with E-state index in [9.17, 15) is 12.8 Å². The Kier molecular flexibility index (Phi) is 4.60. The predicted octanol–water partition coefficient (Wildman–Crippen LogP) is 1.82. The summed E-state index contributed by atoms with van der Waals surface area (Å²) in [6.07, 6.45) is 0.846. The first kappa shape index (κ1) is 14.9. The Hall–Kier alpha value is -0.500. The minimum atomic E-state index is -3.55. The maximum atomic E-state index is 13.0. The van der Waals surface area contributed by atoms with Gasteiger partial charge in [0.15, 0.2) is 0 Å². The van der Waals surface area contributed by atoms with E-state index in [1.165, 1.54) is 22.5 Å². The number of sulfonamides is 1. The molecule has 1 N–H and O–H groups in total. The molecular weight excluding hydrogens is 335 g/mol. The molecule has 2 rings (SSSR count). The van der Waals surface area contributed by atoms with Crippen molar-refractivity contribution in [3.63, 3.8) is 0 Å². The van der Waals surface area contributed by atoms with Gasteiger partial charge in [-0.3, -0.25) is 0 Å². The minimum absolute atomic E-state index is 0.124. The molecule has 0 aromatic heterocycles. The summed E-state index contributed by atoms with van der Waals surface area (Å²) < 4.78 is 39.7. The van der Waals surface area contributed by atoms with E-state index in [0.717, 1.165) is 13.0 Å². The van der Waals surface area contributed by atoms with Crippen LogP contribution in [0.1, 0.15) is 6.42 Å². The van der Waals surface area contributed by atoms with Gasteiger partial charge in [-0.25, -0.2) is 12.8 Å². The molecule has 4 nitrogen and oxygen atoms in total. The minimum Gasteiger partial charge on any atom is -0.319 e. The highest BCUT2D eigenvalue weighted by molar-refractivity contribution is 9.10. The van der Waals surface area contributed by atoms with Crippen LogP contribution in [-0.4, -0.2) is 39.4 Å². The Morgan fingerprint density at radius 2 is 2.26 bits per heavy atom. The molecule has 1 aliphatic heterocycles. The summed E-state index contributed by atoms with van der Waals surface area (Å²) in [5, 5.41) is 3.06. The molecular formula is C12H16BrFN2O2S. The Labute approximate surface area is 121 Å². The first-order valence-corrected chi connectivity index (χ1v) is 8.28. The third kappa shape index (κ3) is 3.16. The van der Waals surface area contributed by atoms with Crippen LogP contribution in [0, 0.1) is 11.7 Å². The van der Waals surface area contributed by atoms with Gasteiger partial charge in [0.05, 0.1) is 4.90 Å². The van der Waals surface area contributed by atoms with Crippen LogP contribution in [0.25, 0.3) is 0 Å². The maximum absolute atomic E-state index is 13.0. The van der Waals surface area contributed by atoms with E-state index in [1.54, 1.807) is 0 Å². The second-order valence-corrected chi connectivity index (χ2v) is 7.41.